The van der Waals surface area contributed by atoms with Gasteiger partial charge in [-0.1, -0.05) is 19.1 Å². The zero-order valence-corrected chi connectivity index (χ0v) is 14.8. The summed E-state index contributed by atoms with van der Waals surface area (Å²) in [7, 11) is 0. The number of carboxylic acid groups (broad SMARTS) is 1. The first-order valence-electron chi connectivity index (χ1n) is 8.83. The number of carboxylic acids is 1. The molecule has 144 valence electrons. The number of piperidine rings is 1. The maximum absolute atomic E-state index is 12.6. The van der Waals surface area contributed by atoms with Gasteiger partial charge in [-0.3, -0.25) is 9.59 Å². The van der Waals surface area contributed by atoms with Gasteiger partial charge in [-0.2, -0.15) is 13.2 Å². The molecule has 1 N–H and O–H groups in total. The Balaban J connectivity index is 1.91. The summed E-state index contributed by atoms with van der Waals surface area (Å²) in [5.41, 5.74) is -0.00387. The highest BCUT2D eigenvalue weighted by molar-refractivity contribution is 5.79. The smallest absolute Gasteiger partial charge is 0.416 e. The molecule has 1 aromatic carbocycles. The molecule has 1 amide bonds. The number of likely N-dealkylation sites (tertiary alicyclic amines) is 1. The number of benzene rings is 1. The van der Waals surface area contributed by atoms with Gasteiger partial charge >= 0.3 is 12.1 Å². The van der Waals surface area contributed by atoms with Crippen LogP contribution < -0.4 is 0 Å². The summed E-state index contributed by atoms with van der Waals surface area (Å²) in [4.78, 5) is 25.1. The van der Waals surface area contributed by atoms with Crippen molar-refractivity contribution in [3.63, 3.8) is 0 Å². The number of amides is 1. The van der Waals surface area contributed by atoms with E-state index in [9.17, 15) is 22.8 Å². The van der Waals surface area contributed by atoms with Crippen LogP contribution in [0.5, 0.6) is 0 Å². The van der Waals surface area contributed by atoms with Gasteiger partial charge in [0.15, 0.2) is 0 Å². The second-order valence-electron chi connectivity index (χ2n) is 7.02. The lowest BCUT2D eigenvalue weighted by molar-refractivity contribution is -0.139. The summed E-state index contributed by atoms with van der Waals surface area (Å²) >= 11 is 0. The van der Waals surface area contributed by atoms with Gasteiger partial charge in [0.2, 0.25) is 5.91 Å². The number of rotatable bonds is 6. The zero-order valence-electron chi connectivity index (χ0n) is 14.8. The van der Waals surface area contributed by atoms with E-state index in [1.165, 1.54) is 12.1 Å². The average Bonchev–Trinajstić information content (AvgIpc) is 2.59. The molecule has 1 fully saturated rings. The number of carbonyl (C=O) groups is 2. The third kappa shape index (κ3) is 5.75. The lowest BCUT2D eigenvalue weighted by atomic mass is 9.91. The van der Waals surface area contributed by atoms with Crippen molar-refractivity contribution >= 4 is 11.9 Å². The Bertz CT molecular complexity index is 628. The van der Waals surface area contributed by atoms with Crippen molar-refractivity contribution in [2.24, 2.45) is 11.8 Å². The van der Waals surface area contributed by atoms with Gasteiger partial charge in [-0.05, 0) is 49.3 Å². The van der Waals surface area contributed by atoms with E-state index in [0.29, 0.717) is 31.5 Å². The third-order valence-electron chi connectivity index (χ3n) is 4.84. The van der Waals surface area contributed by atoms with Gasteiger partial charge < -0.3 is 10.0 Å². The van der Waals surface area contributed by atoms with E-state index in [1.54, 1.807) is 11.8 Å². The largest absolute Gasteiger partial charge is 0.481 e. The molecule has 2 atom stereocenters. The molecule has 0 saturated carbocycles. The molecule has 0 aliphatic carbocycles. The van der Waals surface area contributed by atoms with Crippen molar-refractivity contribution in [1.29, 1.82) is 0 Å². The first-order chi connectivity index (χ1) is 12.2. The Morgan fingerprint density at radius 3 is 2.50 bits per heavy atom. The second-order valence-corrected chi connectivity index (χ2v) is 7.02. The average molecular weight is 371 g/mol. The normalized spacial score (nSPS) is 19.2. The number of aliphatic carboxylic acids is 1. The Morgan fingerprint density at radius 1 is 1.27 bits per heavy atom. The molecule has 0 bridgehead atoms. The van der Waals surface area contributed by atoms with Crippen molar-refractivity contribution in [3.05, 3.63) is 35.4 Å². The van der Waals surface area contributed by atoms with Crippen LogP contribution in [0.15, 0.2) is 24.3 Å². The fourth-order valence-electron chi connectivity index (χ4n) is 3.41. The van der Waals surface area contributed by atoms with Gasteiger partial charge in [0.25, 0.3) is 0 Å². The lowest BCUT2D eigenvalue weighted by Gasteiger charge is -2.34. The van der Waals surface area contributed by atoms with Crippen molar-refractivity contribution < 1.29 is 27.9 Å². The molecule has 1 heterocycles. The van der Waals surface area contributed by atoms with Crippen LogP contribution >= 0.6 is 0 Å². The molecule has 2 rings (SSSR count). The second kappa shape index (κ2) is 8.56. The predicted octanol–water partition coefficient (Wildman–Crippen LogP) is 3.99. The summed E-state index contributed by atoms with van der Waals surface area (Å²) in [6.07, 6.45) is -1.54. The van der Waals surface area contributed by atoms with Crippen LogP contribution in [0, 0.1) is 11.8 Å². The first-order valence-corrected chi connectivity index (χ1v) is 8.83. The molecule has 0 aromatic heterocycles. The highest BCUT2D eigenvalue weighted by Crippen LogP contribution is 2.29. The summed E-state index contributed by atoms with van der Waals surface area (Å²) < 4.78 is 37.8. The van der Waals surface area contributed by atoms with Crippen LogP contribution in [-0.2, 0) is 22.2 Å². The molecule has 1 aliphatic heterocycles. The number of carbonyl (C=O) groups excluding carboxylic acids is 1. The first kappa shape index (κ1) is 20.3. The van der Waals surface area contributed by atoms with Crippen LogP contribution in [0.3, 0.4) is 0 Å². The van der Waals surface area contributed by atoms with Crippen molar-refractivity contribution in [2.45, 2.75) is 45.2 Å². The van der Waals surface area contributed by atoms with Gasteiger partial charge in [0.1, 0.15) is 0 Å². The quantitative estimate of drug-likeness (QED) is 0.823. The van der Waals surface area contributed by atoms with Gasteiger partial charge in [-0.25, -0.2) is 0 Å². The van der Waals surface area contributed by atoms with Gasteiger partial charge in [0, 0.05) is 25.4 Å². The monoisotopic (exact) mass is 371 g/mol. The molecule has 4 nitrogen and oxygen atoms in total. The maximum atomic E-state index is 12.6. The summed E-state index contributed by atoms with van der Waals surface area (Å²) in [5, 5.41) is 8.79. The standard InChI is InChI=1S/C19H24F3NO3/c1-13(11-14-4-7-16(8-5-14)19(20,21)22)18(26)23-10-2-3-15(12-23)6-9-17(24)25/h4-5,7-8,13,15H,2-3,6,9-12H2,1H3,(H,24,25). The van der Waals surface area contributed by atoms with Crippen LogP contribution in [0.2, 0.25) is 0 Å². The summed E-state index contributed by atoms with van der Waals surface area (Å²) in [6, 6.07) is 4.90. The lowest BCUT2D eigenvalue weighted by Crippen LogP contribution is -2.43. The van der Waals surface area contributed by atoms with E-state index in [2.05, 4.69) is 0 Å². The van der Waals surface area contributed by atoms with E-state index >= 15 is 0 Å². The molecule has 7 heteroatoms. The molecule has 26 heavy (non-hydrogen) atoms. The fourth-order valence-corrected chi connectivity index (χ4v) is 3.41. The van der Waals surface area contributed by atoms with E-state index in [1.807, 2.05) is 0 Å². The Labute approximate surface area is 151 Å². The molecular weight excluding hydrogens is 347 g/mol. The molecule has 1 aromatic rings. The molecule has 2 unspecified atom stereocenters. The van der Waals surface area contributed by atoms with Crippen LogP contribution in [0.1, 0.15) is 43.7 Å². The van der Waals surface area contributed by atoms with Crippen LogP contribution in [0.25, 0.3) is 0 Å². The Morgan fingerprint density at radius 2 is 1.92 bits per heavy atom. The van der Waals surface area contributed by atoms with Crippen molar-refractivity contribution in [1.82, 2.24) is 4.90 Å². The molecule has 1 aliphatic rings. The van der Waals surface area contributed by atoms with Crippen molar-refractivity contribution in [2.75, 3.05) is 13.1 Å². The number of alkyl halides is 3. The zero-order chi connectivity index (χ0) is 19.3. The predicted molar refractivity (Wildman–Crippen MR) is 90.5 cm³/mol. The fraction of sp³-hybridized carbons (Fsp3) is 0.579. The number of hydrogen-bond donors (Lipinski definition) is 1. The van der Waals surface area contributed by atoms with E-state index < -0.39 is 17.7 Å². The molecule has 0 radical (unpaired) electrons. The number of halogens is 3. The minimum absolute atomic E-state index is 0.0232. The van der Waals surface area contributed by atoms with Gasteiger partial charge in [-0.15, -0.1) is 0 Å². The molecule has 0 spiro atoms. The SMILES string of the molecule is CC(Cc1ccc(C(F)(F)F)cc1)C(=O)N1CCCC(CCC(=O)O)C1. The number of hydrogen-bond acceptors (Lipinski definition) is 2. The minimum atomic E-state index is -4.36. The van der Waals surface area contributed by atoms with Crippen molar-refractivity contribution in [3.8, 4) is 0 Å². The minimum Gasteiger partial charge on any atom is -0.481 e. The van der Waals surface area contributed by atoms with E-state index in [-0.39, 0.29) is 24.2 Å². The highest BCUT2D eigenvalue weighted by Gasteiger charge is 2.30. The maximum Gasteiger partial charge on any atom is 0.416 e. The Hall–Kier alpha value is -2.05. The molecular formula is C19H24F3NO3. The van der Waals surface area contributed by atoms with Crippen LogP contribution in [-0.4, -0.2) is 35.0 Å². The summed E-state index contributed by atoms with van der Waals surface area (Å²) in [6.45, 7) is 2.99. The van der Waals surface area contributed by atoms with Gasteiger partial charge in [0.05, 0.1) is 5.56 Å². The Kier molecular flexibility index (Phi) is 6.67. The number of nitrogens with zero attached hydrogens (tertiary/aromatic N) is 1. The van der Waals surface area contributed by atoms with Crippen LogP contribution in [0.4, 0.5) is 13.2 Å². The third-order valence-corrected chi connectivity index (χ3v) is 4.84. The highest BCUT2D eigenvalue weighted by atomic mass is 19.4. The molecule has 1 saturated heterocycles. The topological polar surface area (TPSA) is 57.6 Å². The van der Waals surface area contributed by atoms with E-state index in [4.69, 9.17) is 5.11 Å². The van der Waals surface area contributed by atoms with E-state index in [0.717, 1.165) is 25.0 Å². The summed E-state index contributed by atoms with van der Waals surface area (Å²) in [5.74, 6) is -0.985.